The summed E-state index contributed by atoms with van der Waals surface area (Å²) in [6, 6.07) is 25.8. The minimum atomic E-state index is -2.03. The molecule has 2 nitrogen and oxygen atoms in total. The molecule has 130 valence electrons. The van der Waals surface area contributed by atoms with E-state index in [-0.39, 0.29) is 0 Å². The van der Waals surface area contributed by atoms with Crippen molar-refractivity contribution in [1.29, 1.82) is 0 Å². The van der Waals surface area contributed by atoms with E-state index in [1.54, 1.807) is 17.0 Å². The summed E-state index contributed by atoms with van der Waals surface area (Å²) in [5.74, 6) is -0.468. The SMILES string of the molecule is Cc1ccccc1[C@@]1(F)C(=O)N(Cc2ccccc2)[C@@H]1c1ccccc1. The molecule has 1 saturated heterocycles. The van der Waals surface area contributed by atoms with Gasteiger partial charge in [0.1, 0.15) is 6.04 Å². The standard InChI is InChI=1S/C23H20FNO/c1-17-10-8-9-15-20(17)23(24)21(19-13-6-3-7-14-19)25(22(23)26)16-18-11-4-2-5-12-18/h2-15,21H,16H2,1H3/t21-,23+/m1/s1. The zero-order valence-corrected chi connectivity index (χ0v) is 14.6. The summed E-state index contributed by atoms with van der Waals surface area (Å²) < 4.78 is 16.2. The maximum Gasteiger partial charge on any atom is 0.268 e. The summed E-state index contributed by atoms with van der Waals surface area (Å²) in [6.07, 6.45) is 0. The summed E-state index contributed by atoms with van der Waals surface area (Å²) in [6.45, 7) is 2.25. The highest BCUT2D eigenvalue weighted by Gasteiger charge is 2.63. The summed E-state index contributed by atoms with van der Waals surface area (Å²) in [5, 5.41) is 0. The van der Waals surface area contributed by atoms with Gasteiger partial charge in [0.2, 0.25) is 5.67 Å². The molecule has 1 fully saturated rings. The van der Waals surface area contributed by atoms with Gasteiger partial charge in [-0.05, 0) is 23.6 Å². The molecule has 1 aliphatic heterocycles. The quantitative estimate of drug-likeness (QED) is 0.613. The number of β-lactam (4-membered cyclic amide) rings is 1. The number of nitrogens with zero attached hydrogens (tertiary/aromatic N) is 1. The lowest BCUT2D eigenvalue weighted by Crippen LogP contribution is -2.63. The number of carbonyl (C=O) groups excluding carboxylic acids is 1. The first-order valence-corrected chi connectivity index (χ1v) is 8.77. The van der Waals surface area contributed by atoms with Crippen molar-refractivity contribution in [1.82, 2.24) is 4.90 Å². The van der Waals surface area contributed by atoms with E-state index in [9.17, 15) is 4.79 Å². The lowest BCUT2D eigenvalue weighted by atomic mass is 9.73. The van der Waals surface area contributed by atoms with Crippen molar-refractivity contribution in [2.45, 2.75) is 25.2 Å². The highest BCUT2D eigenvalue weighted by Crippen LogP contribution is 2.54. The third-order valence-electron chi connectivity index (χ3n) is 5.11. The van der Waals surface area contributed by atoms with Crippen molar-refractivity contribution in [2.24, 2.45) is 0 Å². The van der Waals surface area contributed by atoms with E-state index in [2.05, 4.69) is 0 Å². The molecule has 0 saturated carbocycles. The average Bonchev–Trinajstić information content (AvgIpc) is 2.69. The normalized spacial score (nSPS) is 22.2. The number of amides is 1. The predicted molar refractivity (Wildman–Crippen MR) is 100 cm³/mol. The van der Waals surface area contributed by atoms with Crippen molar-refractivity contribution >= 4 is 5.91 Å². The van der Waals surface area contributed by atoms with Gasteiger partial charge in [0, 0.05) is 12.1 Å². The molecule has 3 aromatic rings. The van der Waals surface area contributed by atoms with Crippen LogP contribution < -0.4 is 0 Å². The molecule has 0 aliphatic carbocycles. The molecular weight excluding hydrogens is 325 g/mol. The van der Waals surface area contributed by atoms with Gasteiger partial charge >= 0.3 is 0 Å². The van der Waals surface area contributed by atoms with Crippen LogP contribution in [0.2, 0.25) is 0 Å². The molecule has 3 heteroatoms. The monoisotopic (exact) mass is 345 g/mol. The number of aryl methyl sites for hydroxylation is 1. The Morgan fingerprint density at radius 1 is 0.885 bits per heavy atom. The molecule has 1 heterocycles. The summed E-state index contributed by atoms with van der Waals surface area (Å²) in [5.41, 5.74) is 1.04. The third kappa shape index (κ3) is 2.51. The first-order chi connectivity index (χ1) is 12.6. The number of carbonyl (C=O) groups is 1. The first-order valence-electron chi connectivity index (χ1n) is 8.77. The second-order valence-corrected chi connectivity index (χ2v) is 6.76. The molecule has 2 atom stereocenters. The van der Waals surface area contributed by atoms with E-state index in [1.807, 2.05) is 79.7 Å². The number of hydrogen-bond donors (Lipinski definition) is 0. The summed E-state index contributed by atoms with van der Waals surface area (Å²) in [4.78, 5) is 14.6. The molecular formula is C23H20FNO. The average molecular weight is 345 g/mol. The molecule has 0 radical (unpaired) electrons. The summed E-state index contributed by atoms with van der Waals surface area (Å²) in [7, 11) is 0. The van der Waals surface area contributed by atoms with Gasteiger partial charge in [-0.2, -0.15) is 0 Å². The van der Waals surface area contributed by atoms with Crippen LogP contribution in [-0.2, 0) is 17.0 Å². The van der Waals surface area contributed by atoms with Gasteiger partial charge in [-0.1, -0.05) is 84.9 Å². The van der Waals surface area contributed by atoms with Crippen molar-refractivity contribution < 1.29 is 9.18 Å². The smallest absolute Gasteiger partial charge is 0.268 e. The lowest BCUT2D eigenvalue weighted by Gasteiger charge is -2.52. The number of alkyl halides is 1. The van der Waals surface area contributed by atoms with Gasteiger partial charge < -0.3 is 4.90 Å². The molecule has 0 bridgehead atoms. The van der Waals surface area contributed by atoms with Crippen molar-refractivity contribution in [3.05, 3.63) is 107 Å². The van der Waals surface area contributed by atoms with Crippen LogP contribution in [0, 0.1) is 6.92 Å². The molecule has 1 amide bonds. The van der Waals surface area contributed by atoms with Gasteiger partial charge in [-0.15, -0.1) is 0 Å². The van der Waals surface area contributed by atoms with E-state index in [0.29, 0.717) is 12.1 Å². The molecule has 3 aromatic carbocycles. The fourth-order valence-corrected chi connectivity index (χ4v) is 3.82. The second kappa shape index (κ2) is 6.41. The zero-order chi connectivity index (χ0) is 18.1. The van der Waals surface area contributed by atoms with Crippen molar-refractivity contribution in [2.75, 3.05) is 0 Å². The minimum absolute atomic E-state index is 0.400. The van der Waals surface area contributed by atoms with E-state index >= 15 is 4.39 Å². The molecule has 4 rings (SSSR count). The van der Waals surface area contributed by atoms with Crippen LogP contribution in [0.25, 0.3) is 0 Å². The largest absolute Gasteiger partial charge is 0.324 e. The minimum Gasteiger partial charge on any atom is -0.324 e. The van der Waals surface area contributed by atoms with Crippen molar-refractivity contribution in [3.8, 4) is 0 Å². The predicted octanol–water partition coefficient (Wildman–Crippen LogP) is 4.94. The van der Waals surface area contributed by atoms with Crippen LogP contribution in [0.3, 0.4) is 0 Å². The molecule has 0 spiro atoms. The molecule has 26 heavy (non-hydrogen) atoms. The van der Waals surface area contributed by atoms with Crippen LogP contribution in [-0.4, -0.2) is 10.8 Å². The van der Waals surface area contributed by atoms with Crippen LogP contribution >= 0.6 is 0 Å². The van der Waals surface area contributed by atoms with E-state index in [1.165, 1.54) is 0 Å². The van der Waals surface area contributed by atoms with Gasteiger partial charge in [-0.3, -0.25) is 4.79 Å². The Hall–Kier alpha value is -2.94. The Morgan fingerprint density at radius 3 is 2.12 bits per heavy atom. The number of benzene rings is 3. The van der Waals surface area contributed by atoms with Gasteiger partial charge in [0.15, 0.2) is 0 Å². The highest BCUT2D eigenvalue weighted by atomic mass is 19.1. The van der Waals surface area contributed by atoms with Crippen LogP contribution in [0.5, 0.6) is 0 Å². The Labute approximate surface area is 152 Å². The number of hydrogen-bond acceptors (Lipinski definition) is 1. The topological polar surface area (TPSA) is 20.3 Å². The molecule has 1 aliphatic rings. The Bertz CT molecular complexity index is 925. The Kier molecular flexibility index (Phi) is 4.08. The first kappa shape index (κ1) is 16.5. The Balaban J connectivity index is 1.78. The maximum absolute atomic E-state index is 16.2. The molecule has 0 aromatic heterocycles. The van der Waals surface area contributed by atoms with Crippen LogP contribution in [0.15, 0.2) is 84.9 Å². The van der Waals surface area contributed by atoms with Crippen LogP contribution in [0.4, 0.5) is 4.39 Å². The van der Waals surface area contributed by atoms with Gasteiger partial charge in [0.05, 0.1) is 0 Å². The summed E-state index contributed by atoms with van der Waals surface area (Å²) >= 11 is 0. The number of rotatable bonds is 4. The van der Waals surface area contributed by atoms with E-state index in [0.717, 1.165) is 16.7 Å². The third-order valence-corrected chi connectivity index (χ3v) is 5.11. The van der Waals surface area contributed by atoms with E-state index < -0.39 is 17.6 Å². The fourth-order valence-electron chi connectivity index (χ4n) is 3.82. The maximum atomic E-state index is 16.2. The highest BCUT2D eigenvalue weighted by molar-refractivity contribution is 5.94. The number of likely N-dealkylation sites (tertiary alicyclic amines) is 1. The van der Waals surface area contributed by atoms with Gasteiger partial charge in [-0.25, -0.2) is 4.39 Å². The second-order valence-electron chi connectivity index (χ2n) is 6.76. The lowest BCUT2D eigenvalue weighted by molar-refractivity contribution is -0.181. The Morgan fingerprint density at radius 2 is 1.46 bits per heavy atom. The van der Waals surface area contributed by atoms with Crippen molar-refractivity contribution in [3.63, 3.8) is 0 Å². The molecule has 0 unspecified atom stereocenters. The van der Waals surface area contributed by atoms with Gasteiger partial charge in [0.25, 0.3) is 5.91 Å². The number of halogens is 1. The van der Waals surface area contributed by atoms with Crippen LogP contribution in [0.1, 0.15) is 28.3 Å². The van der Waals surface area contributed by atoms with E-state index in [4.69, 9.17) is 0 Å². The molecule has 0 N–H and O–H groups in total. The fraction of sp³-hybridized carbons (Fsp3) is 0.174. The zero-order valence-electron chi connectivity index (χ0n) is 14.6.